The molecule has 1 saturated carbocycles. The summed E-state index contributed by atoms with van der Waals surface area (Å²) >= 11 is 6.48. The summed E-state index contributed by atoms with van der Waals surface area (Å²) in [5, 5.41) is 5.04. The molecular weight excluding hydrogens is 332 g/mol. The lowest BCUT2D eigenvalue weighted by Crippen LogP contribution is -2.30. The summed E-state index contributed by atoms with van der Waals surface area (Å²) in [6, 6.07) is 16.1. The monoisotopic (exact) mass is 352 g/mol. The molecule has 0 unspecified atom stereocenters. The molecule has 1 aliphatic carbocycles. The van der Waals surface area contributed by atoms with Crippen molar-refractivity contribution in [3.05, 3.63) is 70.9 Å². The first-order valence-electron chi connectivity index (χ1n) is 8.73. The predicted molar refractivity (Wildman–Crippen MR) is 102 cm³/mol. The number of carbonyl (C=O) groups excluding carboxylic acids is 1. The van der Waals surface area contributed by atoms with Gasteiger partial charge in [0, 0.05) is 40.5 Å². The minimum absolute atomic E-state index is 0.0165. The molecule has 4 heteroatoms. The van der Waals surface area contributed by atoms with Crippen LogP contribution >= 0.6 is 11.6 Å². The number of para-hydroxylation sites is 1. The van der Waals surface area contributed by atoms with E-state index in [0.29, 0.717) is 12.5 Å². The van der Waals surface area contributed by atoms with Crippen molar-refractivity contribution in [2.24, 2.45) is 11.8 Å². The molecule has 0 bridgehead atoms. The van der Waals surface area contributed by atoms with Crippen molar-refractivity contribution < 1.29 is 4.79 Å². The summed E-state index contributed by atoms with van der Waals surface area (Å²) in [7, 11) is 0. The van der Waals surface area contributed by atoms with Gasteiger partial charge >= 0.3 is 0 Å². The molecule has 0 radical (unpaired) electrons. The van der Waals surface area contributed by atoms with E-state index >= 15 is 0 Å². The summed E-state index contributed by atoms with van der Waals surface area (Å²) in [6.07, 6.45) is 3.03. The Hall–Kier alpha value is -2.26. The summed E-state index contributed by atoms with van der Waals surface area (Å²) in [5.74, 6) is 0.856. The number of amides is 1. The molecule has 1 heterocycles. The van der Waals surface area contributed by atoms with Crippen LogP contribution in [0.15, 0.2) is 54.7 Å². The number of hydrogen-bond acceptors (Lipinski definition) is 1. The van der Waals surface area contributed by atoms with Crippen LogP contribution < -0.4 is 5.32 Å². The molecule has 25 heavy (non-hydrogen) atoms. The molecule has 4 rings (SSSR count). The van der Waals surface area contributed by atoms with Gasteiger partial charge in [0.05, 0.1) is 0 Å². The normalized spacial score (nSPS) is 20.4. The highest BCUT2D eigenvalue weighted by molar-refractivity contribution is 6.31. The topological polar surface area (TPSA) is 44.9 Å². The lowest BCUT2D eigenvalue weighted by molar-refractivity contribution is -0.122. The Morgan fingerprint density at radius 3 is 2.68 bits per heavy atom. The maximum absolute atomic E-state index is 12.3. The van der Waals surface area contributed by atoms with Crippen LogP contribution in [0, 0.1) is 11.8 Å². The van der Waals surface area contributed by atoms with Gasteiger partial charge < -0.3 is 10.3 Å². The highest BCUT2D eigenvalue weighted by Crippen LogP contribution is 2.38. The van der Waals surface area contributed by atoms with Crippen LogP contribution in [0.2, 0.25) is 5.02 Å². The van der Waals surface area contributed by atoms with Gasteiger partial charge in [0.25, 0.3) is 0 Å². The number of hydrogen-bond donors (Lipinski definition) is 2. The largest absolute Gasteiger partial charge is 0.361 e. The van der Waals surface area contributed by atoms with E-state index in [2.05, 4.69) is 29.4 Å². The van der Waals surface area contributed by atoms with Crippen molar-refractivity contribution in [3.8, 4) is 0 Å². The van der Waals surface area contributed by atoms with E-state index in [1.165, 1.54) is 5.39 Å². The van der Waals surface area contributed by atoms with Gasteiger partial charge in [-0.05, 0) is 35.6 Å². The van der Waals surface area contributed by atoms with Crippen LogP contribution in [-0.4, -0.2) is 17.4 Å². The van der Waals surface area contributed by atoms with Crippen LogP contribution in [0.5, 0.6) is 0 Å². The fourth-order valence-corrected chi connectivity index (χ4v) is 3.82. The Bertz CT molecular complexity index is 917. The quantitative estimate of drug-likeness (QED) is 0.685. The number of carbonyl (C=O) groups is 1. The minimum Gasteiger partial charge on any atom is -0.361 e. The van der Waals surface area contributed by atoms with Crippen LogP contribution in [-0.2, 0) is 4.79 Å². The second-order valence-corrected chi connectivity index (χ2v) is 7.34. The lowest BCUT2D eigenvalue weighted by atomic mass is 9.90. The highest BCUT2D eigenvalue weighted by Gasteiger charge is 2.39. The van der Waals surface area contributed by atoms with Crippen molar-refractivity contribution >= 4 is 28.4 Å². The first kappa shape index (κ1) is 16.2. The van der Waals surface area contributed by atoms with Gasteiger partial charge in [-0.25, -0.2) is 0 Å². The minimum atomic E-state index is 0.0165. The van der Waals surface area contributed by atoms with Crippen molar-refractivity contribution in [2.45, 2.75) is 19.3 Å². The van der Waals surface area contributed by atoms with Gasteiger partial charge in [-0.3, -0.25) is 4.79 Å². The smallest absolute Gasteiger partial charge is 0.223 e. The third-order valence-electron chi connectivity index (χ3n) is 5.20. The number of halogens is 1. The Morgan fingerprint density at radius 2 is 1.92 bits per heavy atom. The zero-order valence-corrected chi connectivity index (χ0v) is 14.9. The van der Waals surface area contributed by atoms with E-state index in [4.69, 9.17) is 11.6 Å². The molecule has 2 aromatic carbocycles. The standard InChI is InChI=1S/C21H21ClN2O/c1-13-10-16(13)21(25)24-12-17(14-6-2-4-8-19(14)22)18-11-23-20-9-5-3-7-15(18)20/h2-9,11,13,16-17,23H,10,12H2,1H3,(H,24,25)/t13-,16+,17-/m1/s1. The summed E-state index contributed by atoms with van der Waals surface area (Å²) in [5.41, 5.74) is 3.29. The average Bonchev–Trinajstić information content (AvgIpc) is 3.21. The number of aromatic nitrogens is 1. The summed E-state index contributed by atoms with van der Waals surface area (Å²) in [4.78, 5) is 15.6. The highest BCUT2D eigenvalue weighted by atomic mass is 35.5. The summed E-state index contributed by atoms with van der Waals surface area (Å²) in [6.45, 7) is 2.67. The second-order valence-electron chi connectivity index (χ2n) is 6.93. The van der Waals surface area contributed by atoms with E-state index in [0.717, 1.165) is 28.1 Å². The van der Waals surface area contributed by atoms with Gasteiger partial charge in [-0.15, -0.1) is 0 Å². The molecular formula is C21H21ClN2O. The molecule has 1 aliphatic rings. The molecule has 1 aromatic heterocycles. The summed E-state index contributed by atoms with van der Waals surface area (Å²) < 4.78 is 0. The molecule has 2 N–H and O–H groups in total. The molecule has 0 saturated heterocycles. The van der Waals surface area contributed by atoms with Crippen LogP contribution in [0.3, 0.4) is 0 Å². The molecule has 128 valence electrons. The van der Waals surface area contributed by atoms with Gasteiger partial charge in [-0.1, -0.05) is 54.9 Å². The predicted octanol–water partition coefficient (Wildman–Crippen LogP) is 4.73. The number of fused-ring (bicyclic) bond motifs is 1. The number of rotatable bonds is 5. The Labute approximate surface area is 152 Å². The zero-order valence-electron chi connectivity index (χ0n) is 14.1. The molecule has 3 atom stereocenters. The van der Waals surface area contributed by atoms with Gasteiger partial charge in [0.2, 0.25) is 5.91 Å². The van der Waals surface area contributed by atoms with E-state index in [1.807, 2.05) is 42.6 Å². The van der Waals surface area contributed by atoms with E-state index < -0.39 is 0 Å². The fraction of sp³-hybridized carbons (Fsp3) is 0.286. The van der Waals surface area contributed by atoms with Crippen LogP contribution in [0.25, 0.3) is 10.9 Å². The maximum atomic E-state index is 12.3. The lowest BCUT2D eigenvalue weighted by Gasteiger charge is -2.19. The van der Waals surface area contributed by atoms with Crippen LogP contribution in [0.4, 0.5) is 0 Å². The van der Waals surface area contributed by atoms with Gasteiger partial charge in [-0.2, -0.15) is 0 Å². The first-order chi connectivity index (χ1) is 12.1. The number of H-pyrrole nitrogens is 1. The number of aromatic amines is 1. The third-order valence-corrected chi connectivity index (χ3v) is 5.55. The van der Waals surface area contributed by atoms with Crippen molar-refractivity contribution in [1.82, 2.24) is 10.3 Å². The van der Waals surface area contributed by atoms with E-state index in [-0.39, 0.29) is 17.7 Å². The Morgan fingerprint density at radius 1 is 1.20 bits per heavy atom. The first-order valence-corrected chi connectivity index (χ1v) is 9.11. The SMILES string of the molecule is C[C@@H]1C[C@@H]1C(=O)NC[C@H](c1ccccc1Cl)c1c[nH]c2ccccc12. The van der Waals surface area contributed by atoms with E-state index in [1.54, 1.807) is 0 Å². The molecule has 3 aromatic rings. The molecule has 1 amide bonds. The molecule has 3 nitrogen and oxygen atoms in total. The average molecular weight is 353 g/mol. The number of nitrogens with one attached hydrogen (secondary N) is 2. The number of benzene rings is 2. The van der Waals surface area contributed by atoms with Gasteiger partial charge in [0.1, 0.15) is 0 Å². The maximum Gasteiger partial charge on any atom is 0.223 e. The van der Waals surface area contributed by atoms with Crippen molar-refractivity contribution in [1.29, 1.82) is 0 Å². The second kappa shape index (κ2) is 6.57. The van der Waals surface area contributed by atoms with Crippen molar-refractivity contribution in [3.63, 3.8) is 0 Å². The zero-order chi connectivity index (χ0) is 17.4. The van der Waals surface area contributed by atoms with E-state index in [9.17, 15) is 4.79 Å². The molecule has 0 spiro atoms. The Kier molecular flexibility index (Phi) is 4.26. The Balaban J connectivity index is 1.68. The molecule has 0 aliphatic heterocycles. The molecule has 1 fully saturated rings. The van der Waals surface area contributed by atoms with Gasteiger partial charge in [0.15, 0.2) is 0 Å². The van der Waals surface area contributed by atoms with Crippen LogP contribution in [0.1, 0.15) is 30.4 Å². The third kappa shape index (κ3) is 3.16. The fourth-order valence-electron chi connectivity index (χ4n) is 3.55. The van der Waals surface area contributed by atoms with Crippen molar-refractivity contribution in [2.75, 3.05) is 6.54 Å².